The number of nitrogens with zero attached hydrogens (tertiary/aromatic N) is 1. The number of aliphatic hydroxyl groups is 1. The van der Waals surface area contributed by atoms with Crippen molar-refractivity contribution in [3.8, 4) is 0 Å². The number of aliphatic hydroxyl groups excluding tert-OH is 1. The fraction of sp³-hybridized carbons (Fsp3) is 0.950. The molecule has 0 aromatic carbocycles. The molecule has 1 aliphatic heterocycles. The average Bonchev–Trinajstić information content (AvgIpc) is 2.76. The van der Waals surface area contributed by atoms with Crippen LogP contribution in [0.1, 0.15) is 62.3 Å². The maximum Gasteiger partial charge on any atom is 0.412 e. The molecule has 1 rings (SSSR count). The minimum Gasteiger partial charge on any atom is -0.444 e. The number of hydrogen-bond donors (Lipinski definition) is 1. The van der Waals surface area contributed by atoms with Gasteiger partial charge in [0, 0.05) is 12.5 Å². The molecular formula is C20H41NO5Si. The predicted molar refractivity (Wildman–Crippen MR) is 110 cm³/mol. The second-order valence-electron chi connectivity index (χ2n) is 10.7. The second-order valence-corrected chi connectivity index (χ2v) is 15.4. The third kappa shape index (κ3) is 5.92. The van der Waals surface area contributed by atoms with Crippen molar-refractivity contribution in [2.24, 2.45) is 5.92 Å². The van der Waals surface area contributed by atoms with Crippen LogP contribution in [0.4, 0.5) is 4.79 Å². The largest absolute Gasteiger partial charge is 0.444 e. The zero-order valence-electron chi connectivity index (χ0n) is 19.2. The maximum atomic E-state index is 13.0. The van der Waals surface area contributed by atoms with Crippen LogP contribution in [0.2, 0.25) is 18.1 Å². The fourth-order valence-electron chi connectivity index (χ4n) is 2.94. The molecule has 6 nitrogen and oxygen atoms in total. The summed E-state index contributed by atoms with van der Waals surface area (Å²) in [6.07, 6.45) is -0.742. The summed E-state index contributed by atoms with van der Waals surface area (Å²) in [7, 11) is -2.12. The lowest BCUT2D eigenvalue weighted by molar-refractivity contribution is -0.0704. The summed E-state index contributed by atoms with van der Waals surface area (Å²) >= 11 is 0. The first-order valence-corrected chi connectivity index (χ1v) is 12.8. The highest BCUT2D eigenvalue weighted by molar-refractivity contribution is 6.74. The van der Waals surface area contributed by atoms with Gasteiger partial charge >= 0.3 is 6.09 Å². The Morgan fingerprint density at radius 1 is 1.26 bits per heavy atom. The molecule has 0 aromatic heterocycles. The highest BCUT2D eigenvalue weighted by atomic mass is 28.4. The molecule has 1 heterocycles. The van der Waals surface area contributed by atoms with Crippen LogP contribution in [-0.4, -0.2) is 61.1 Å². The monoisotopic (exact) mass is 403 g/mol. The molecule has 1 saturated heterocycles. The summed E-state index contributed by atoms with van der Waals surface area (Å²) in [5, 5.41) is 9.89. The summed E-state index contributed by atoms with van der Waals surface area (Å²) in [6, 6.07) is -0.314. The van der Waals surface area contributed by atoms with Crippen molar-refractivity contribution < 1.29 is 23.8 Å². The molecule has 3 atom stereocenters. The first kappa shape index (κ1) is 24.4. The highest BCUT2D eigenvalue weighted by Gasteiger charge is 2.52. The van der Waals surface area contributed by atoms with E-state index in [0.29, 0.717) is 6.61 Å². The Hall–Kier alpha value is -0.633. The van der Waals surface area contributed by atoms with E-state index >= 15 is 0 Å². The average molecular weight is 404 g/mol. The zero-order chi connectivity index (χ0) is 21.4. The Balaban J connectivity index is 3.24. The molecule has 160 valence electrons. The molecule has 0 aromatic rings. The van der Waals surface area contributed by atoms with Gasteiger partial charge in [0.1, 0.15) is 11.3 Å². The Bertz CT molecular complexity index is 521. The Morgan fingerprint density at radius 3 is 2.19 bits per heavy atom. The van der Waals surface area contributed by atoms with Crippen molar-refractivity contribution in [2.45, 2.75) is 104 Å². The molecule has 0 saturated carbocycles. The van der Waals surface area contributed by atoms with Crippen LogP contribution in [-0.2, 0) is 13.9 Å². The summed E-state index contributed by atoms with van der Waals surface area (Å²) < 4.78 is 18.3. The Kier molecular flexibility index (Phi) is 7.24. The standard InChI is InChI=1S/C20H41NO5Si/c1-14(12-22)16(26-27(10,11)19(5,6)7)15-13-24-20(8,9)21(15)17(23)25-18(2,3)4/h14-16,22H,12-13H2,1-11H3/t14-,15?,16+/m0/s1. The molecule has 27 heavy (non-hydrogen) atoms. The van der Waals surface area contributed by atoms with Crippen molar-refractivity contribution in [2.75, 3.05) is 13.2 Å². The minimum atomic E-state index is -2.12. The Labute approximate surface area is 166 Å². The molecule has 1 amide bonds. The fourth-order valence-corrected chi connectivity index (χ4v) is 4.36. The first-order valence-electron chi connectivity index (χ1n) is 9.88. The quantitative estimate of drug-likeness (QED) is 0.690. The number of ether oxygens (including phenoxy) is 2. The van der Waals surface area contributed by atoms with Crippen LogP contribution in [0.15, 0.2) is 0 Å². The molecule has 0 spiro atoms. The van der Waals surface area contributed by atoms with Crippen molar-refractivity contribution in [1.82, 2.24) is 4.90 Å². The molecule has 0 radical (unpaired) electrons. The van der Waals surface area contributed by atoms with Gasteiger partial charge in [-0.3, -0.25) is 4.90 Å². The first-order chi connectivity index (χ1) is 11.9. The topological polar surface area (TPSA) is 68.2 Å². The third-order valence-electron chi connectivity index (χ3n) is 5.57. The molecule has 1 aliphatic rings. The Morgan fingerprint density at radius 2 is 1.78 bits per heavy atom. The van der Waals surface area contributed by atoms with E-state index in [1.807, 2.05) is 41.5 Å². The van der Waals surface area contributed by atoms with E-state index in [1.54, 1.807) is 4.90 Å². The summed E-state index contributed by atoms with van der Waals surface area (Å²) in [4.78, 5) is 14.6. The van der Waals surface area contributed by atoms with Crippen LogP contribution < -0.4 is 0 Å². The summed E-state index contributed by atoms with van der Waals surface area (Å²) in [5.41, 5.74) is -1.39. The van der Waals surface area contributed by atoms with Gasteiger partial charge in [-0.05, 0) is 52.8 Å². The van der Waals surface area contributed by atoms with E-state index in [0.717, 1.165) is 0 Å². The lowest BCUT2D eigenvalue weighted by atomic mass is 9.98. The van der Waals surface area contributed by atoms with Crippen LogP contribution in [0.3, 0.4) is 0 Å². The van der Waals surface area contributed by atoms with E-state index < -0.39 is 25.7 Å². The van der Waals surface area contributed by atoms with E-state index in [9.17, 15) is 9.90 Å². The highest BCUT2D eigenvalue weighted by Crippen LogP contribution is 2.41. The van der Waals surface area contributed by atoms with E-state index in [-0.39, 0.29) is 29.7 Å². The van der Waals surface area contributed by atoms with Crippen LogP contribution in [0, 0.1) is 5.92 Å². The summed E-state index contributed by atoms with van der Waals surface area (Å²) in [5.74, 6) is -0.133. The van der Waals surface area contributed by atoms with Gasteiger partial charge in [-0.1, -0.05) is 27.7 Å². The molecule has 1 unspecified atom stereocenters. The van der Waals surface area contributed by atoms with Crippen molar-refractivity contribution in [1.29, 1.82) is 0 Å². The number of rotatable bonds is 5. The second kappa shape index (κ2) is 8.01. The van der Waals surface area contributed by atoms with Crippen LogP contribution >= 0.6 is 0 Å². The predicted octanol–water partition coefficient (Wildman–Crippen LogP) is 4.38. The van der Waals surface area contributed by atoms with Crippen molar-refractivity contribution >= 4 is 14.4 Å². The molecule has 0 bridgehead atoms. The number of carbonyl (C=O) groups is 1. The van der Waals surface area contributed by atoms with Gasteiger partial charge in [-0.25, -0.2) is 4.79 Å². The van der Waals surface area contributed by atoms with Crippen molar-refractivity contribution in [3.05, 3.63) is 0 Å². The maximum absolute atomic E-state index is 13.0. The lowest BCUT2D eigenvalue weighted by Crippen LogP contribution is -2.58. The van der Waals surface area contributed by atoms with Gasteiger partial charge in [0.25, 0.3) is 0 Å². The normalized spacial score (nSPS) is 23.3. The van der Waals surface area contributed by atoms with Crippen molar-refractivity contribution in [3.63, 3.8) is 0 Å². The molecule has 7 heteroatoms. The smallest absolute Gasteiger partial charge is 0.412 e. The number of amides is 1. The van der Waals surface area contributed by atoms with E-state index in [4.69, 9.17) is 13.9 Å². The third-order valence-corrected chi connectivity index (χ3v) is 10.0. The number of carbonyl (C=O) groups excluding carboxylic acids is 1. The summed E-state index contributed by atoms with van der Waals surface area (Å²) in [6.45, 7) is 22.5. The van der Waals surface area contributed by atoms with Crippen LogP contribution in [0.25, 0.3) is 0 Å². The van der Waals surface area contributed by atoms with E-state index in [1.165, 1.54) is 0 Å². The molecule has 0 aliphatic carbocycles. The van der Waals surface area contributed by atoms with Crippen LogP contribution in [0.5, 0.6) is 0 Å². The molecule has 1 fully saturated rings. The lowest BCUT2D eigenvalue weighted by Gasteiger charge is -2.45. The zero-order valence-corrected chi connectivity index (χ0v) is 20.2. The molecule has 1 N–H and O–H groups in total. The van der Waals surface area contributed by atoms with Gasteiger partial charge < -0.3 is 19.0 Å². The van der Waals surface area contributed by atoms with Gasteiger partial charge in [-0.2, -0.15) is 0 Å². The van der Waals surface area contributed by atoms with Gasteiger partial charge in [0.15, 0.2) is 8.32 Å². The van der Waals surface area contributed by atoms with Gasteiger partial charge in [0.2, 0.25) is 0 Å². The number of hydrogen-bond acceptors (Lipinski definition) is 5. The minimum absolute atomic E-state index is 0.0155. The SMILES string of the molecule is C[C@@H](CO)[C@@H](O[Si](C)(C)C(C)(C)C)C1COC(C)(C)N1C(=O)OC(C)(C)C. The van der Waals surface area contributed by atoms with Gasteiger partial charge in [0.05, 0.1) is 18.8 Å². The van der Waals surface area contributed by atoms with Gasteiger partial charge in [-0.15, -0.1) is 0 Å². The molecular weight excluding hydrogens is 362 g/mol. The van der Waals surface area contributed by atoms with E-state index in [2.05, 4.69) is 33.9 Å².